The molecule has 0 aliphatic heterocycles. The standard InChI is InChI=1S/C15H26N2O3S/c1-11(12-5-6-12)9-17-21(18,19)14-8-7-13(20-14)10-16-15(2,3)4/h7-8,11-12,16-17H,5-6,9-10H2,1-4H3. The van der Waals surface area contributed by atoms with E-state index < -0.39 is 10.0 Å². The van der Waals surface area contributed by atoms with Gasteiger partial charge in [0.2, 0.25) is 5.09 Å². The lowest BCUT2D eigenvalue weighted by Crippen LogP contribution is -2.34. The number of sulfonamides is 1. The van der Waals surface area contributed by atoms with Crippen LogP contribution in [0.5, 0.6) is 0 Å². The molecule has 1 atom stereocenters. The van der Waals surface area contributed by atoms with Crippen molar-refractivity contribution in [2.45, 2.75) is 57.7 Å². The fraction of sp³-hybridized carbons (Fsp3) is 0.733. The van der Waals surface area contributed by atoms with E-state index in [0.29, 0.717) is 30.7 Å². The zero-order valence-electron chi connectivity index (χ0n) is 13.3. The van der Waals surface area contributed by atoms with Crippen molar-refractivity contribution in [3.05, 3.63) is 17.9 Å². The Balaban J connectivity index is 1.92. The highest BCUT2D eigenvalue weighted by molar-refractivity contribution is 7.89. The van der Waals surface area contributed by atoms with Crippen molar-refractivity contribution in [1.29, 1.82) is 0 Å². The molecule has 1 fully saturated rings. The molecule has 1 saturated carbocycles. The van der Waals surface area contributed by atoms with Gasteiger partial charge in [-0.3, -0.25) is 0 Å². The molecule has 1 aliphatic carbocycles. The number of furan rings is 1. The predicted molar refractivity (Wildman–Crippen MR) is 82.4 cm³/mol. The Morgan fingerprint density at radius 2 is 2.00 bits per heavy atom. The summed E-state index contributed by atoms with van der Waals surface area (Å²) < 4.78 is 32.4. The van der Waals surface area contributed by atoms with Crippen LogP contribution in [0.1, 0.15) is 46.3 Å². The van der Waals surface area contributed by atoms with Crippen LogP contribution in [0.2, 0.25) is 0 Å². The Kier molecular flexibility index (Phi) is 4.80. The number of hydrogen-bond donors (Lipinski definition) is 2. The highest BCUT2D eigenvalue weighted by Gasteiger charge is 2.29. The fourth-order valence-corrected chi connectivity index (χ4v) is 3.18. The Morgan fingerprint density at radius 1 is 1.33 bits per heavy atom. The highest BCUT2D eigenvalue weighted by Crippen LogP contribution is 2.36. The second kappa shape index (κ2) is 6.10. The van der Waals surface area contributed by atoms with Gasteiger partial charge in [-0.05, 0) is 57.6 Å². The first-order valence-electron chi connectivity index (χ1n) is 7.51. The molecule has 21 heavy (non-hydrogen) atoms. The highest BCUT2D eigenvalue weighted by atomic mass is 32.2. The Labute approximate surface area is 127 Å². The molecule has 0 aromatic carbocycles. The van der Waals surface area contributed by atoms with Crippen molar-refractivity contribution >= 4 is 10.0 Å². The minimum atomic E-state index is -3.54. The molecule has 1 aliphatic rings. The minimum Gasteiger partial charge on any atom is -0.447 e. The first-order valence-corrected chi connectivity index (χ1v) is 8.99. The van der Waals surface area contributed by atoms with Crippen LogP contribution >= 0.6 is 0 Å². The third-order valence-corrected chi connectivity index (χ3v) is 5.01. The monoisotopic (exact) mass is 314 g/mol. The van der Waals surface area contributed by atoms with Gasteiger partial charge in [-0.25, -0.2) is 13.1 Å². The molecular weight excluding hydrogens is 288 g/mol. The lowest BCUT2D eigenvalue weighted by Gasteiger charge is -2.19. The van der Waals surface area contributed by atoms with Gasteiger partial charge in [0.05, 0.1) is 6.54 Å². The Hall–Kier alpha value is -0.850. The molecular formula is C15H26N2O3S. The van der Waals surface area contributed by atoms with Crippen LogP contribution in [0, 0.1) is 11.8 Å². The predicted octanol–water partition coefficient (Wildman–Crippen LogP) is 2.49. The second-order valence-corrected chi connectivity index (χ2v) is 8.69. The molecule has 6 heteroatoms. The fourth-order valence-electron chi connectivity index (χ4n) is 2.09. The summed E-state index contributed by atoms with van der Waals surface area (Å²) >= 11 is 0. The summed E-state index contributed by atoms with van der Waals surface area (Å²) in [6, 6.07) is 3.22. The van der Waals surface area contributed by atoms with Crippen LogP contribution in [-0.2, 0) is 16.6 Å². The van der Waals surface area contributed by atoms with E-state index in [1.54, 1.807) is 6.07 Å². The molecule has 1 heterocycles. The molecule has 1 aromatic rings. The van der Waals surface area contributed by atoms with E-state index >= 15 is 0 Å². The molecule has 1 unspecified atom stereocenters. The van der Waals surface area contributed by atoms with Crippen molar-refractivity contribution in [3.63, 3.8) is 0 Å². The molecule has 2 rings (SSSR count). The summed E-state index contributed by atoms with van der Waals surface area (Å²) in [5.74, 6) is 1.69. The molecule has 120 valence electrons. The molecule has 0 bridgehead atoms. The maximum atomic E-state index is 12.2. The lowest BCUT2D eigenvalue weighted by molar-refractivity contribution is 0.358. The average molecular weight is 314 g/mol. The van der Waals surface area contributed by atoms with Gasteiger partial charge in [0.1, 0.15) is 5.76 Å². The number of hydrogen-bond acceptors (Lipinski definition) is 4. The Morgan fingerprint density at radius 3 is 2.57 bits per heavy atom. The van der Waals surface area contributed by atoms with Crippen LogP contribution in [0.4, 0.5) is 0 Å². The molecule has 0 amide bonds. The van der Waals surface area contributed by atoms with Crippen LogP contribution in [0.15, 0.2) is 21.6 Å². The van der Waals surface area contributed by atoms with Crippen molar-refractivity contribution in [2.24, 2.45) is 11.8 Å². The van der Waals surface area contributed by atoms with Gasteiger partial charge in [-0.2, -0.15) is 0 Å². The minimum absolute atomic E-state index is 0.00351. The molecule has 5 nitrogen and oxygen atoms in total. The van der Waals surface area contributed by atoms with Crippen molar-refractivity contribution < 1.29 is 12.8 Å². The summed E-state index contributed by atoms with van der Waals surface area (Å²) in [7, 11) is -3.54. The lowest BCUT2D eigenvalue weighted by atomic mass is 10.1. The normalized spacial score (nSPS) is 17.9. The summed E-state index contributed by atoms with van der Waals surface area (Å²) in [6.07, 6.45) is 2.43. The van der Waals surface area contributed by atoms with Crippen molar-refractivity contribution in [1.82, 2.24) is 10.0 Å². The maximum Gasteiger partial charge on any atom is 0.273 e. The van der Waals surface area contributed by atoms with Gasteiger partial charge in [0.25, 0.3) is 10.0 Å². The third kappa shape index (κ3) is 5.13. The van der Waals surface area contributed by atoms with Gasteiger partial charge in [-0.1, -0.05) is 6.92 Å². The maximum absolute atomic E-state index is 12.2. The molecule has 2 N–H and O–H groups in total. The smallest absolute Gasteiger partial charge is 0.273 e. The van der Waals surface area contributed by atoms with Crippen LogP contribution in [0.3, 0.4) is 0 Å². The van der Waals surface area contributed by atoms with Crippen molar-refractivity contribution in [2.75, 3.05) is 6.54 Å². The van der Waals surface area contributed by atoms with Gasteiger partial charge < -0.3 is 9.73 Å². The van der Waals surface area contributed by atoms with E-state index in [-0.39, 0.29) is 10.6 Å². The number of nitrogens with one attached hydrogen (secondary N) is 2. The molecule has 0 spiro atoms. The SMILES string of the molecule is CC(CNS(=O)(=O)c1ccc(CNC(C)(C)C)o1)C1CC1. The van der Waals surface area contributed by atoms with Crippen LogP contribution < -0.4 is 10.0 Å². The summed E-state index contributed by atoms with van der Waals surface area (Å²) in [6.45, 7) is 9.22. The second-order valence-electron chi connectivity index (χ2n) is 6.99. The average Bonchev–Trinajstić information content (AvgIpc) is 3.11. The van der Waals surface area contributed by atoms with Gasteiger partial charge >= 0.3 is 0 Å². The van der Waals surface area contributed by atoms with E-state index in [9.17, 15) is 8.42 Å². The summed E-state index contributed by atoms with van der Waals surface area (Å²) in [5.41, 5.74) is -0.0379. The number of rotatable bonds is 7. The van der Waals surface area contributed by atoms with Gasteiger partial charge in [0, 0.05) is 12.1 Å². The van der Waals surface area contributed by atoms with Crippen LogP contribution in [0.25, 0.3) is 0 Å². The zero-order valence-corrected chi connectivity index (χ0v) is 14.1. The zero-order chi connectivity index (χ0) is 15.7. The summed E-state index contributed by atoms with van der Waals surface area (Å²) in [5, 5.41) is 3.26. The van der Waals surface area contributed by atoms with E-state index in [1.807, 2.05) is 0 Å². The quantitative estimate of drug-likeness (QED) is 0.811. The van der Waals surface area contributed by atoms with Crippen molar-refractivity contribution in [3.8, 4) is 0 Å². The Bertz CT molecular complexity index is 568. The molecule has 0 radical (unpaired) electrons. The first kappa shape index (κ1) is 16.5. The van der Waals surface area contributed by atoms with E-state index in [4.69, 9.17) is 4.42 Å². The van der Waals surface area contributed by atoms with Gasteiger partial charge in [-0.15, -0.1) is 0 Å². The van der Waals surface area contributed by atoms with Crippen LogP contribution in [-0.4, -0.2) is 20.5 Å². The van der Waals surface area contributed by atoms with Gasteiger partial charge in [0.15, 0.2) is 0 Å². The third-order valence-electron chi connectivity index (χ3n) is 3.72. The van der Waals surface area contributed by atoms with E-state index in [0.717, 1.165) is 0 Å². The van der Waals surface area contributed by atoms with E-state index in [2.05, 4.69) is 37.7 Å². The molecule has 0 saturated heterocycles. The van der Waals surface area contributed by atoms with E-state index in [1.165, 1.54) is 18.9 Å². The summed E-state index contributed by atoms with van der Waals surface area (Å²) in [4.78, 5) is 0. The molecule has 1 aromatic heterocycles. The largest absolute Gasteiger partial charge is 0.447 e. The topological polar surface area (TPSA) is 71.3 Å². The first-order chi connectivity index (χ1) is 9.67.